The highest BCUT2D eigenvalue weighted by molar-refractivity contribution is 5.79. The number of nitrogens with one attached hydrogen (secondary N) is 2. The smallest absolute Gasteiger partial charge is 0.191 e. The lowest BCUT2D eigenvalue weighted by atomic mass is 10.2. The zero-order chi connectivity index (χ0) is 15.5. The Balaban J connectivity index is 1.60. The summed E-state index contributed by atoms with van der Waals surface area (Å²) in [5.41, 5.74) is 2.42. The number of nitrogens with zero attached hydrogens (tertiary/aromatic N) is 1. The second kappa shape index (κ2) is 9.58. The molecule has 0 radical (unpaired) electrons. The molecular formula is C18H23N3O. The molecule has 116 valence electrons. The molecule has 4 nitrogen and oxygen atoms in total. The summed E-state index contributed by atoms with van der Waals surface area (Å²) < 4.78 is 5.63. The van der Waals surface area contributed by atoms with E-state index in [0.29, 0.717) is 13.2 Å². The number of benzene rings is 2. The first-order chi connectivity index (χ1) is 10.9. The van der Waals surface area contributed by atoms with E-state index >= 15 is 0 Å². The first kappa shape index (κ1) is 16.0. The molecular weight excluding hydrogens is 274 g/mol. The SMILES string of the molecule is CN=C(NCCOCc1ccccc1)NCc1ccccc1. The molecule has 0 heterocycles. The molecule has 0 amide bonds. The fourth-order valence-electron chi connectivity index (χ4n) is 2.01. The van der Waals surface area contributed by atoms with E-state index in [1.807, 2.05) is 36.4 Å². The lowest BCUT2D eigenvalue weighted by Crippen LogP contribution is -2.38. The Morgan fingerprint density at radius 3 is 2.18 bits per heavy atom. The van der Waals surface area contributed by atoms with Crippen LogP contribution in [0.15, 0.2) is 65.7 Å². The third kappa shape index (κ3) is 5.97. The summed E-state index contributed by atoms with van der Waals surface area (Å²) in [5.74, 6) is 0.784. The van der Waals surface area contributed by atoms with Gasteiger partial charge < -0.3 is 15.4 Å². The molecule has 0 spiro atoms. The van der Waals surface area contributed by atoms with Crippen LogP contribution in [0.4, 0.5) is 0 Å². The van der Waals surface area contributed by atoms with E-state index in [0.717, 1.165) is 19.0 Å². The van der Waals surface area contributed by atoms with Gasteiger partial charge in [-0.05, 0) is 11.1 Å². The fourth-order valence-corrected chi connectivity index (χ4v) is 2.01. The lowest BCUT2D eigenvalue weighted by Gasteiger charge is -2.12. The first-order valence-corrected chi connectivity index (χ1v) is 7.48. The molecule has 0 aliphatic carbocycles. The van der Waals surface area contributed by atoms with Gasteiger partial charge in [-0.1, -0.05) is 60.7 Å². The highest BCUT2D eigenvalue weighted by Gasteiger charge is 1.98. The Morgan fingerprint density at radius 1 is 0.909 bits per heavy atom. The Kier molecular flexibility index (Phi) is 6.99. The maximum Gasteiger partial charge on any atom is 0.191 e. The Bertz CT molecular complexity index is 555. The van der Waals surface area contributed by atoms with Gasteiger partial charge in [0.15, 0.2) is 5.96 Å². The minimum absolute atomic E-state index is 0.637. The van der Waals surface area contributed by atoms with E-state index in [2.05, 4.69) is 39.9 Å². The van der Waals surface area contributed by atoms with Crippen molar-refractivity contribution in [1.82, 2.24) is 10.6 Å². The summed E-state index contributed by atoms with van der Waals surface area (Å²) in [5, 5.41) is 6.52. The van der Waals surface area contributed by atoms with E-state index in [-0.39, 0.29) is 0 Å². The Labute approximate surface area is 132 Å². The van der Waals surface area contributed by atoms with E-state index in [9.17, 15) is 0 Å². The third-order valence-electron chi connectivity index (χ3n) is 3.18. The Hall–Kier alpha value is -2.33. The molecule has 0 saturated heterocycles. The zero-order valence-electron chi connectivity index (χ0n) is 13.0. The number of ether oxygens (including phenoxy) is 1. The van der Waals surface area contributed by atoms with Crippen LogP contribution in [0, 0.1) is 0 Å². The lowest BCUT2D eigenvalue weighted by molar-refractivity contribution is 0.125. The molecule has 2 rings (SSSR count). The van der Waals surface area contributed by atoms with E-state index < -0.39 is 0 Å². The van der Waals surface area contributed by atoms with Crippen molar-refractivity contribution in [3.8, 4) is 0 Å². The number of rotatable bonds is 7. The monoisotopic (exact) mass is 297 g/mol. The summed E-state index contributed by atoms with van der Waals surface area (Å²) >= 11 is 0. The van der Waals surface area contributed by atoms with Gasteiger partial charge in [0.2, 0.25) is 0 Å². The highest BCUT2D eigenvalue weighted by atomic mass is 16.5. The molecule has 22 heavy (non-hydrogen) atoms. The van der Waals surface area contributed by atoms with Crippen molar-refractivity contribution >= 4 is 5.96 Å². The van der Waals surface area contributed by atoms with Crippen LogP contribution in [-0.4, -0.2) is 26.2 Å². The van der Waals surface area contributed by atoms with Crippen molar-refractivity contribution in [2.75, 3.05) is 20.2 Å². The van der Waals surface area contributed by atoms with Gasteiger partial charge in [0.05, 0.1) is 13.2 Å². The van der Waals surface area contributed by atoms with Crippen LogP contribution in [0.3, 0.4) is 0 Å². The Morgan fingerprint density at radius 2 is 1.55 bits per heavy atom. The van der Waals surface area contributed by atoms with Crippen molar-refractivity contribution in [1.29, 1.82) is 0 Å². The predicted molar refractivity (Wildman–Crippen MR) is 90.7 cm³/mol. The van der Waals surface area contributed by atoms with E-state index in [1.165, 1.54) is 11.1 Å². The molecule has 0 aliphatic rings. The molecule has 0 saturated carbocycles. The van der Waals surface area contributed by atoms with Crippen LogP contribution < -0.4 is 10.6 Å². The van der Waals surface area contributed by atoms with Gasteiger partial charge >= 0.3 is 0 Å². The van der Waals surface area contributed by atoms with Crippen LogP contribution in [0.5, 0.6) is 0 Å². The maximum absolute atomic E-state index is 5.63. The minimum Gasteiger partial charge on any atom is -0.375 e. The van der Waals surface area contributed by atoms with Crippen LogP contribution in [0.25, 0.3) is 0 Å². The van der Waals surface area contributed by atoms with Gasteiger partial charge in [0, 0.05) is 20.1 Å². The molecule has 0 bridgehead atoms. The van der Waals surface area contributed by atoms with Crippen LogP contribution in [-0.2, 0) is 17.9 Å². The largest absolute Gasteiger partial charge is 0.375 e. The molecule has 0 aliphatic heterocycles. The maximum atomic E-state index is 5.63. The third-order valence-corrected chi connectivity index (χ3v) is 3.18. The molecule has 0 aromatic heterocycles. The standard InChI is InChI=1S/C18H23N3O/c1-19-18(21-14-16-8-4-2-5-9-16)20-12-13-22-15-17-10-6-3-7-11-17/h2-11H,12-15H2,1H3,(H2,19,20,21). The van der Waals surface area contributed by atoms with Gasteiger partial charge in [0.1, 0.15) is 0 Å². The van der Waals surface area contributed by atoms with Crippen molar-refractivity contribution in [2.24, 2.45) is 4.99 Å². The van der Waals surface area contributed by atoms with Gasteiger partial charge in [-0.25, -0.2) is 0 Å². The first-order valence-electron chi connectivity index (χ1n) is 7.48. The number of aliphatic imine (C=N–C) groups is 1. The van der Waals surface area contributed by atoms with Crippen LogP contribution in [0.1, 0.15) is 11.1 Å². The molecule has 2 aromatic carbocycles. The zero-order valence-corrected chi connectivity index (χ0v) is 13.0. The normalized spacial score (nSPS) is 11.2. The predicted octanol–water partition coefficient (Wildman–Crippen LogP) is 2.57. The van der Waals surface area contributed by atoms with E-state index in [1.54, 1.807) is 7.05 Å². The summed E-state index contributed by atoms with van der Waals surface area (Å²) in [6, 6.07) is 20.4. The van der Waals surface area contributed by atoms with E-state index in [4.69, 9.17) is 4.74 Å². The summed E-state index contributed by atoms with van der Waals surface area (Å²) in [6.07, 6.45) is 0. The molecule has 4 heteroatoms. The second-order valence-electron chi connectivity index (χ2n) is 4.88. The summed E-state index contributed by atoms with van der Waals surface area (Å²) in [7, 11) is 1.77. The molecule has 0 unspecified atom stereocenters. The molecule has 2 N–H and O–H groups in total. The summed E-state index contributed by atoms with van der Waals surface area (Å²) in [4.78, 5) is 4.20. The van der Waals surface area contributed by atoms with Gasteiger partial charge in [0.25, 0.3) is 0 Å². The van der Waals surface area contributed by atoms with Gasteiger partial charge in [-0.3, -0.25) is 4.99 Å². The minimum atomic E-state index is 0.637. The van der Waals surface area contributed by atoms with Crippen LogP contribution in [0.2, 0.25) is 0 Å². The van der Waals surface area contributed by atoms with Crippen molar-refractivity contribution in [3.63, 3.8) is 0 Å². The second-order valence-corrected chi connectivity index (χ2v) is 4.88. The summed E-state index contributed by atoms with van der Waals surface area (Å²) in [6.45, 7) is 2.76. The quantitative estimate of drug-likeness (QED) is 0.469. The molecule has 0 atom stereocenters. The van der Waals surface area contributed by atoms with Crippen LogP contribution >= 0.6 is 0 Å². The van der Waals surface area contributed by atoms with Gasteiger partial charge in [-0.2, -0.15) is 0 Å². The number of hydrogen-bond acceptors (Lipinski definition) is 2. The number of guanidine groups is 1. The van der Waals surface area contributed by atoms with Crippen molar-refractivity contribution in [2.45, 2.75) is 13.2 Å². The molecule has 0 fully saturated rings. The topological polar surface area (TPSA) is 45.7 Å². The number of hydrogen-bond donors (Lipinski definition) is 2. The van der Waals surface area contributed by atoms with Gasteiger partial charge in [-0.15, -0.1) is 0 Å². The highest BCUT2D eigenvalue weighted by Crippen LogP contribution is 1.99. The van der Waals surface area contributed by atoms with Crippen molar-refractivity contribution < 1.29 is 4.74 Å². The van der Waals surface area contributed by atoms with Crippen molar-refractivity contribution in [3.05, 3.63) is 71.8 Å². The average Bonchev–Trinajstić information content (AvgIpc) is 2.59. The molecule has 2 aromatic rings. The fraction of sp³-hybridized carbons (Fsp3) is 0.278. The average molecular weight is 297 g/mol.